The van der Waals surface area contributed by atoms with Crippen LogP contribution >= 0.6 is 0 Å². The van der Waals surface area contributed by atoms with E-state index in [1.807, 2.05) is 35.0 Å². The number of morpholine rings is 1. The number of nitrogens with zero attached hydrogens (tertiary/aromatic N) is 2. The second kappa shape index (κ2) is 19.8. The van der Waals surface area contributed by atoms with E-state index in [9.17, 15) is 9.90 Å². The Morgan fingerprint density at radius 3 is 2.02 bits per heavy atom. The number of carbonyl (C=O) groups excluding carboxylic acids is 1. The Hall–Kier alpha value is -2.18. The summed E-state index contributed by atoms with van der Waals surface area (Å²) in [5.41, 5.74) is 1.56. The number of aromatic nitrogens is 1. The van der Waals surface area contributed by atoms with Gasteiger partial charge in [0.15, 0.2) is 11.9 Å². The zero-order chi connectivity index (χ0) is 28.3. The highest BCUT2D eigenvalue weighted by Gasteiger charge is 2.21. The van der Waals surface area contributed by atoms with Crippen molar-refractivity contribution in [2.75, 3.05) is 32.9 Å². The first-order chi connectivity index (χ1) is 19.7. The van der Waals surface area contributed by atoms with E-state index in [0.29, 0.717) is 18.7 Å². The van der Waals surface area contributed by atoms with Gasteiger partial charge in [0.25, 0.3) is 5.52 Å². The molecule has 0 bridgehead atoms. The maximum Gasteiger partial charge on any atom is 0.372 e. The third-order valence-corrected chi connectivity index (χ3v) is 8.15. The molecule has 0 spiro atoms. The third kappa shape index (κ3) is 12.1. The number of fused-ring (bicyclic) bond motifs is 1. The minimum atomic E-state index is -0.253. The Morgan fingerprint density at radius 2 is 1.43 bits per heavy atom. The Morgan fingerprint density at radius 1 is 0.850 bits per heavy atom. The predicted molar refractivity (Wildman–Crippen MR) is 162 cm³/mol. The fourth-order valence-electron chi connectivity index (χ4n) is 5.68. The molecule has 40 heavy (non-hydrogen) atoms. The molecule has 3 rings (SSSR count). The van der Waals surface area contributed by atoms with Gasteiger partial charge in [-0.3, -0.25) is 4.90 Å². The monoisotopic (exact) mass is 555 g/mol. The van der Waals surface area contributed by atoms with Crippen LogP contribution < -0.4 is 4.57 Å². The van der Waals surface area contributed by atoms with E-state index in [1.165, 1.54) is 89.9 Å². The highest BCUT2D eigenvalue weighted by molar-refractivity contribution is 5.83. The molecule has 0 amide bonds. The zero-order valence-electron chi connectivity index (χ0n) is 25.2. The molecule has 0 unspecified atom stereocenters. The van der Waals surface area contributed by atoms with E-state index in [-0.39, 0.29) is 18.3 Å². The van der Waals surface area contributed by atoms with Gasteiger partial charge in [-0.25, -0.2) is 4.79 Å². The molecule has 6 nitrogen and oxygen atoms in total. The second-order valence-electron chi connectivity index (χ2n) is 11.6. The molecule has 1 aliphatic heterocycles. The number of rotatable bonds is 21. The summed E-state index contributed by atoms with van der Waals surface area (Å²) >= 11 is 0. The topological polar surface area (TPSA) is 62.9 Å². The number of hydrogen-bond donors (Lipinski definition) is 1. The van der Waals surface area contributed by atoms with Gasteiger partial charge < -0.3 is 14.6 Å². The molecule has 224 valence electrons. The van der Waals surface area contributed by atoms with Crippen LogP contribution in [0.4, 0.5) is 0 Å². The molecular weight excluding hydrogens is 500 g/mol. The fraction of sp³-hybridized carbons (Fsp3) is 0.706. The van der Waals surface area contributed by atoms with Crippen LogP contribution in [0.15, 0.2) is 30.5 Å². The van der Waals surface area contributed by atoms with Crippen molar-refractivity contribution in [3.05, 3.63) is 36.0 Å². The lowest BCUT2D eigenvalue weighted by Crippen LogP contribution is -2.39. The predicted octanol–water partition coefficient (Wildman–Crippen LogP) is 7.47. The van der Waals surface area contributed by atoms with Gasteiger partial charge in [-0.2, -0.15) is 4.57 Å². The number of esters is 1. The first-order valence-corrected chi connectivity index (χ1v) is 16.3. The van der Waals surface area contributed by atoms with Crippen molar-refractivity contribution < 1.29 is 23.9 Å². The molecule has 0 atom stereocenters. The molecule has 1 fully saturated rings. The molecule has 6 heteroatoms. The van der Waals surface area contributed by atoms with Crippen LogP contribution in [0.2, 0.25) is 0 Å². The van der Waals surface area contributed by atoms with Gasteiger partial charge in [0, 0.05) is 31.3 Å². The quantitative estimate of drug-likeness (QED) is 0.0983. The van der Waals surface area contributed by atoms with Crippen molar-refractivity contribution in [3.8, 4) is 5.75 Å². The van der Waals surface area contributed by atoms with Gasteiger partial charge in [-0.15, -0.1) is 0 Å². The van der Waals surface area contributed by atoms with E-state index in [4.69, 9.17) is 9.47 Å². The number of carbonyl (C=O) groups is 1. The Kier molecular flexibility index (Phi) is 16.0. The van der Waals surface area contributed by atoms with Crippen LogP contribution in [0.25, 0.3) is 10.9 Å². The van der Waals surface area contributed by atoms with Gasteiger partial charge in [-0.1, -0.05) is 109 Å². The lowest BCUT2D eigenvalue weighted by molar-refractivity contribution is -0.660. The summed E-state index contributed by atoms with van der Waals surface area (Å²) in [6.45, 7) is 6.68. The van der Waals surface area contributed by atoms with Gasteiger partial charge >= 0.3 is 5.97 Å². The Labute approximate surface area is 243 Å². The molecule has 1 saturated heterocycles. The number of ether oxygens (including phenoxy) is 2. The lowest BCUT2D eigenvalue weighted by atomic mass is 10.0. The van der Waals surface area contributed by atoms with Crippen LogP contribution in [-0.4, -0.2) is 48.9 Å². The van der Waals surface area contributed by atoms with E-state index < -0.39 is 0 Å². The van der Waals surface area contributed by atoms with Gasteiger partial charge in [0.05, 0.1) is 25.2 Å². The van der Waals surface area contributed by atoms with Crippen LogP contribution in [0, 0.1) is 0 Å². The second-order valence-corrected chi connectivity index (χ2v) is 11.6. The van der Waals surface area contributed by atoms with Crippen molar-refractivity contribution in [2.45, 2.75) is 123 Å². The highest BCUT2D eigenvalue weighted by atomic mass is 16.5. The Balaban J connectivity index is 1.25. The lowest BCUT2D eigenvalue weighted by Gasteiger charge is -2.26. The maximum atomic E-state index is 12.6. The largest absolute Gasteiger partial charge is 0.502 e. The normalized spacial score (nSPS) is 14.1. The minimum Gasteiger partial charge on any atom is -0.502 e. The van der Waals surface area contributed by atoms with Crippen LogP contribution in [-0.2, 0) is 27.4 Å². The highest BCUT2D eigenvalue weighted by Crippen LogP contribution is 2.27. The van der Waals surface area contributed by atoms with Crippen molar-refractivity contribution >= 4 is 16.9 Å². The maximum absolute atomic E-state index is 12.6. The molecule has 2 aromatic rings. The summed E-state index contributed by atoms with van der Waals surface area (Å²) in [6.07, 6.45) is 23.1. The number of hydrogen-bond acceptors (Lipinski definition) is 5. The number of phenolic OH excluding ortho intramolecular Hbond substituents is 1. The standard InChI is InChI=1S/C34H54N2O4/c1-2-3-4-5-6-7-8-9-10-11-12-13-14-15-16-17-25-40-32(37)29-36-22-18-19-30-20-21-31(34(38)33(30)36)28-35-23-26-39-27-24-35/h18-22H,2-17,23-29H2,1H3/p+1. The van der Waals surface area contributed by atoms with Crippen LogP contribution in [0.1, 0.15) is 115 Å². The summed E-state index contributed by atoms with van der Waals surface area (Å²) in [5, 5.41) is 12.0. The number of phenols is 1. The van der Waals surface area contributed by atoms with E-state index >= 15 is 0 Å². The molecular formula is C34H55N2O4+. The van der Waals surface area contributed by atoms with Gasteiger partial charge in [0.1, 0.15) is 0 Å². The summed E-state index contributed by atoms with van der Waals surface area (Å²) in [4.78, 5) is 14.9. The first-order valence-electron chi connectivity index (χ1n) is 16.3. The van der Waals surface area contributed by atoms with Crippen molar-refractivity contribution in [1.82, 2.24) is 4.90 Å². The number of unbranched alkanes of at least 4 members (excludes halogenated alkanes) is 15. The SMILES string of the molecule is CCCCCCCCCCCCCCCCCCOC(=O)C[n+]1cccc2ccc(CN3CCOCC3)c(O)c21. The van der Waals surface area contributed by atoms with Gasteiger partial charge in [0.2, 0.25) is 6.54 Å². The Bertz CT molecular complexity index is 974. The van der Waals surface area contributed by atoms with E-state index in [0.717, 1.165) is 50.1 Å². The van der Waals surface area contributed by atoms with E-state index in [2.05, 4.69) is 11.8 Å². The number of benzene rings is 1. The van der Waals surface area contributed by atoms with Crippen LogP contribution in [0.5, 0.6) is 5.75 Å². The average molecular weight is 556 g/mol. The average Bonchev–Trinajstić information content (AvgIpc) is 2.97. The van der Waals surface area contributed by atoms with Crippen molar-refractivity contribution in [2.24, 2.45) is 0 Å². The molecule has 0 aliphatic carbocycles. The number of pyridine rings is 1. The van der Waals surface area contributed by atoms with Crippen LogP contribution in [0.3, 0.4) is 0 Å². The molecule has 0 radical (unpaired) electrons. The summed E-state index contributed by atoms with van der Waals surface area (Å²) in [7, 11) is 0. The first kappa shape index (κ1) is 32.3. The van der Waals surface area contributed by atoms with Crippen molar-refractivity contribution in [3.63, 3.8) is 0 Å². The molecule has 1 aromatic heterocycles. The minimum absolute atomic E-state index is 0.102. The van der Waals surface area contributed by atoms with E-state index in [1.54, 1.807) is 0 Å². The molecule has 1 aliphatic rings. The zero-order valence-corrected chi connectivity index (χ0v) is 25.2. The molecule has 0 saturated carbocycles. The fourth-order valence-corrected chi connectivity index (χ4v) is 5.68. The number of aromatic hydroxyl groups is 1. The van der Waals surface area contributed by atoms with Gasteiger partial charge in [-0.05, 0) is 18.6 Å². The molecule has 1 N–H and O–H groups in total. The summed E-state index contributed by atoms with van der Waals surface area (Å²) < 4.78 is 12.8. The summed E-state index contributed by atoms with van der Waals surface area (Å²) in [6, 6.07) is 7.87. The smallest absolute Gasteiger partial charge is 0.372 e. The molecule has 1 aromatic carbocycles. The third-order valence-electron chi connectivity index (χ3n) is 8.15. The van der Waals surface area contributed by atoms with Crippen molar-refractivity contribution in [1.29, 1.82) is 0 Å². The summed E-state index contributed by atoms with van der Waals surface area (Å²) in [5.74, 6) is -0.00774. The molecule has 2 heterocycles.